The average Bonchev–Trinajstić information content (AvgIpc) is 3.78. The zero-order valence-corrected chi connectivity index (χ0v) is 34.2. The number of aromatic nitrogens is 2. The average molecular weight is 765 g/mol. The first-order valence-electron chi connectivity index (χ1n) is 21.5. The number of anilines is 2. The topological polar surface area (TPSA) is 41.1 Å². The van der Waals surface area contributed by atoms with Gasteiger partial charge in [0.2, 0.25) is 0 Å². The van der Waals surface area contributed by atoms with E-state index < -0.39 is 0 Å². The lowest BCUT2D eigenvalue weighted by atomic mass is 10.1. The molecule has 6 heteroatoms. The lowest BCUT2D eigenvalue weighted by molar-refractivity contribution is 0.564. The number of para-hydroxylation sites is 4. The molecule has 0 fully saturated rings. The molecule has 0 aliphatic carbocycles. The molecule has 2 aromatic heterocycles. The predicted octanol–water partition coefficient (Wildman–Crippen LogP) is 13.4. The highest BCUT2D eigenvalue weighted by Gasteiger charge is 2.12. The number of unbranched alkanes of at least 4 members (excludes halogenated alkanes) is 7. The van der Waals surface area contributed by atoms with Gasteiger partial charge in [0.1, 0.15) is 0 Å². The van der Waals surface area contributed by atoms with Crippen molar-refractivity contribution < 1.29 is 0 Å². The van der Waals surface area contributed by atoms with E-state index in [1.165, 1.54) is 82.1 Å². The molecule has 58 heavy (non-hydrogen) atoms. The summed E-state index contributed by atoms with van der Waals surface area (Å²) < 4.78 is 4.79. The largest absolute Gasteiger partial charge is 0.341 e. The second kappa shape index (κ2) is 18.9. The third-order valence-corrected chi connectivity index (χ3v) is 11.5. The summed E-state index contributed by atoms with van der Waals surface area (Å²) >= 11 is 0. The van der Waals surface area contributed by atoms with Crippen LogP contribution in [0.25, 0.3) is 43.6 Å². The summed E-state index contributed by atoms with van der Waals surface area (Å²) in [6.07, 6.45) is 13.8. The maximum Gasteiger partial charge on any atom is 0.0593 e. The number of rotatable bonds is 19. The summed E-state index contributed by atoms with van der Waals surface area (Å²) in [4.78, 5) is 0. The molecule has 0 aliphatic rings. The first-order valence-corrected chi connectivity index (χ1v) is 21.5. The number of benzene rings is 6. The standard InChI is InChI=1S/C52H56N6/c1-3-55-49-29-19-17-27-45(49)47-37-41(31-33-51(47)55)39-53-57(43-23-13-11-14-24-43)35-21-9-7-5-6-8-10-22-36-58(44-25-15-12-16-26-44)54-40-42-32-34-52-48(38-42)46-28-18-20-30-50(46)56(52)4-2/h11-20,23-34,37-40H,3-10,21-22,35-36H2,1-2H3. The molecule has 8 rings (SSSR count). The van der Waals surface area contributed by atoms with Gasteiger partial charge in [0.05, 0.1) is 23.8 Å². The van der Waals surface area contributed by atoms with Gasteiger partial charge in [0.25, 0.3) is 0 Å². The first-order chi connectivity index (χ1) is 28.7. The van der Waals surface area contributed by atoms with Crippen molar-refractivity contribution in [3.8, 4) is 0 Å². The summed E-state index contributed by atoms with van der Waals surface area (Å²) in [5, 5.41) is 19.6. The SMILES string of the molecule is CCn1c2ccccc2c2cc(C=NN(CCCCCCCCCCN(N=Cc3ccc4c(c3)c3ccccc3n4CC)c3ccccc3)c3ccccc3)ccc21. The Kier molecular flexibility index (Phi) is 12.6. The molecule has 0 spiro atoms. The normalized spacial score (nSPS) is 12.0. The van der Waals surface area contributed by atoms with Crippen molar-refractivity contribution in [3.63, 3.8) is 0 Å². The van der Waals surface area contributed by atoms with Gasteiger partial charge in [-0.05, 0) is 98.5 Å². The van der Waals surface area contributed by atoms with Crippen molar-refractivity contribution in [1.82, 2.24) is 9.13 Å². The van der Waals surface area contributed by atoms with Gasteiger partial charge in [-0.2, -0.15) is 10.2 Å². The molecule has 0 unspecified atom stereocenters. The maximum atomic E-state index is 5.03. The Bertz CT molecular complexity index is 2430. The van der Waals surface area contributed by atoms with Crippen molar-refractivity contribution in [2.45, 2.75) is 78.3 Å². The quantitative estimate of drug-likeness (QED) is 0.0467. The number of hydrazone groups is 2. The van der Waals surface area contributed by atoms with E-state index in [9.17, 15) is 0 Å². The van der Waals surface area contributed by atoms with Crippen molar-refractivity contribution in [1.29, 1.82) is 0 Å². The highest BCUT2D eigenvalue weighted by atomic mass is 15.5. The minimum atomic E-state index is 0.906. The molecule has 0 amide bonds. The lowest BCUT2D eigenvalue weighted by Gasteiger charge is -2.19. The second-order valence-electron chi connectivity index (χ2n) is 15.3. The number of nitrogens with zero attached hydrogens (tertiary/aromatic N) is 6. The molecule has 0 aliphatic heterocycles. The molecular weight excluding hydrogens is 709 g/mol. The van der Waals surface area contributed by atoms with E-state index in [1.807, 2.05) is 12.4 Å². The van der Waals surface area contributed by atoms with Gasteiger partial charge in [-0.1, -0.05) is 123 Å². The Hall–Kier alpha value is -6.14. The molecule has 0 radical (unpaired) electrons. The van der Waals surface area contributed by atoms with Crippen LogP contribution < -0.4 is 10.0 Å². The smallest absolute Gasteiger partial charge is 0.0593 e. The van der Waals surface area contributed by atoms with Gasteiger partial charge in [0, 0.05) is 69.8 Å². The number of aryl methyl sites for hydroxylation is 2. The fraction of sp³-hybridized carbons (Fsp3) is 0.269. The van der Waals surface area contributed by atoms with Gasteiger partial charge < -0.3 is 9.13 Å². The number of hydrogen-bond donors (Lipinski definition) is 0. The Morgan fingerprint density at radius 1 is 0.397 bits per heavy atom. The monoisotopic (exact) mass is 764 g/mol. The van der Waals surface area contributed by atoms with Crippen molar-refractivity contribution in [2.75, 3.05) is 23.1 Å². The second-order valence-corrected chi connectivity index (χ2v) is 15.3. The summed E-state index contributed by atoms with van der Waals surface area (Å²) in [6.45, 7) is 8.15. The summed E-state index contributed by atoms with van der Waals surface area (Å²) in [6, 6.07) is 52.0. The maximum absolute atomic E-state index is 5.03. The molecule has 0 bridgehead atoms. The van der Waals surface area contributed by atoms with E-state index in [1.54, 1.807) is 0 Å². The Labute approximate surface area is 343 Å². The van der Waals surface area contributed by atoms with Crippen LogP contribution in [-0.2, 0) is 13.1 Å². The Morgan fingerprint density at radius 2 is 0.759 bits per heavy atom. The van der Waals surface area contributed by atoms with Crippen molar-refractivity contribution in [2.24, 2.45) is 10.2 Å². The molecule has 6 nitrogen and oxygen atoms in total. The fourth-order valence-electron chi connectivity index (χ4n) is 8.55. The van der Waals surface area contributed by atoms with Crippen LogP contribution in [0.5, 0.6) is 0 Å². The third-order valence-electron chi connectivity index (χ3n) is 11.5. The van der Waals surface area contributed by atoms with E-state index in [0.29, 0.717) is 0 Å². The summed E-state index contributed by atoms with van der Waals surface area (Å²) in [7, 11) is 0. The van der Waals surface area contributed by atoms with E-state index >= 15 is 0 Å². The van der Waals surface area contributed by atoms with E-state index in [2.05, 4.69) is 179 Å². The highest BCUT2D eigenvalue weighted by Crippen LogP contribution is 2.31. The lowest BCUT2D eigenvalue weighted by Crippen LogP contribution is -2.18. The van der Waals surface area contributed by atoms with E-state index in [4.69, 9.17) is 10.2 Å². The summed E-state index contributed by atoms with van der Waals surface area (Å²) in [5.41, 5.74) is 9.66. The number of hydrogen-bond acceptors (Lipinski definition) is 4. The van der Waals surface area contributed by atoms with Crippen LogP contribution in [-0.4, -0.2) is 34.7 Å². The molecule has 8 aromatic rings. The predicted molar refractivity (Wildman–Crippen MR) is 250 cm³/mol. The van der Waals surface area contributed by atoms with Gasteiger partial charge in [-0.25, -0.2) is 0 Å². The van der Waals surface area contributed by atoms with Crippen LogP contribution in [0, 0.1) is 0 Å². The minimum absolute atomic E-state index is 0.906. The zero-order valence-electron chi connectivity index (χ0n) is 34.2. The third kappa shape index (κ3) is 8.72. The molecular formula is C52H56N6. The van der Waals surface area contributed by atoms with Gasteiger partial charge in [-0.3, -0.25) is 10.0 Å². The van der Waals surface area contributed by atoms with Gasteiger partial charge in [-0.15, -0.1) is 0 Å². The van der Waals surface area contributed by atoms with Crippen LogP contribution in [0.3, 0.4) is 0 Å². The molecule has 294 valence electrons. The molecule has 6 aromatic carbocycles. The Balaban J connectivity index is 0.807. The fourth-order valence-corrected chi connectivity index (χ4v) is 8.55. The molecule has 0 atom stereocenters. The van der Waals surface area contributed by atoms with Crippen molar-refractivity contribution in [3.05, 3.63) is 157 Å². The summed E-state index contributed by atoms with van der Waals surface area (Å²) in [5.74, 6) is 0. The van der Waals surface area contributed by atoms with E-state index in [0.717, 1.165) is 61.5 Å². The molecule has 2 heterocycles. The van der Waals surface area contributed by atoms with Crippen LogP contribution >= 0.6 is 0 Å². The Morgan fingerprint density at radius 3 is 1.17 bits per heavy atom. The molecule has 0 N–H and O–H groups in total. The van der Waals surface area contributed by atoms with Gasteiger partial charge in [0.15, 0.2) is 0 Å². The number of fused-ring (bicyclic) bond motifs is 6. The van der Waals surface area contributed by atoms with E-state index in [-0.39, 0.29) is 0 Å². The minimum Gasteiger partial charge on any atom is -0.341 e. The van der Waals surface area contributed by atoms with Crippen LogP contribution in [0.1, 0.15) is 76.3 Å². The molecule has 0 saturated heterocycles. The van der Waals surface area contributed by atoms with Crippen LogP contribution in [0.4, 0.5) is 11.4 Å². The highest BCUT2D eigenvalue weighted by molar-refractivity contribution is 6.10. The van der Waals surface area contributed by atoms with Crippen LogP contribution in [0.15, 0.2) is 156 Å². The van der Waals surface area contributed by atoms with Crippen LogP contribution in [0.2, 0.25) is 0 Å². The van der Waals surface area contributed by atoms with Crippen molar-refractivity contribution >= 4 is 67.4 Å². The first kappa shape index (κ1) is 38.7. The zero-order chi connectivity index (χ0) is 39.5. The van der Waals surface area contributed by atoms with Gasteiger partial charge >= 0.3 is 0 Å². The molecule has 0 saturated carbocycles.